The van der Waals surface area contributed by atoms with Crippen molar-refractivity contribution >= 4 is 11.6 Å². The van der Waals surface area contributed by atoms with Crippen LogP contribution in [-0.4, -0.2) is 33.3 Å². The predicted octanol–water partition coefficient (Wildman–Crippen LogP) is 1.35. The zero-order valence-corrected chi connectivity index (χ0v) is 11.1. The molecule has 0 saturated carbocycles. The molecule has 1 aliphatic heterocycles. The van der Waals surface area contributed by atoms with E-state index in [-0.39, 0.29) is 11.9 Å². The zero-order valence-electron chi connectivity index (χ0n) is 11.1. The number of amides is 1. The lowest BCUT2D eigenvalue weighted by molar-refractivity contribution is -0.118. The van der Waals surface area contributed by atoms with Gasteiger partial charge in [0.2, 0.25) is 5.91 Å². The van der Waals surface area contributed by atoms with Crippen LogP contribution in [0.4, 0.5) is 5.69 Å². The second-order valence-electron chi connectivity index (χ2n) is 4.88. The molecule has 1 amide bonds. The normalized spacial score (nSPS) is 18.7. The molecule has 104 valence electrons. The maximum Gasteiger partial charge on any atom is 0.241 e. The van der Waals surface area contributed by atoms with Crippen LogP contribution in [0.15, 0.2) is 36.9 Å². The first-order valence-corrected chi connectivity index (χ1v) is 6.82. The molecule has 0 aliphatic carbocycles. The van der Waals surface area contributed by atoms with Crippen molar-refractivity contribution < 1.29 is 4.79 Å². The van der Waals surface area contributed by atoms with Gasteiger partial charge in [0.25, 0.3) is 0 Å². The molecule has 3 rings (SSSR count). The molecule has 1 atom stereocenters. The smallest absolute Gasteiger partial charge is 0.241 e. The van der Waals surface area contributed by atoms with Crippen molar-refractivity contribution in [3.8, 4) is 5.69 Å². The van der Waals surface area contributed by atoms with Gasteiger partial charge in [-0.15, -0.1) is 0 Å². The summed E-state index contributed by atoms with van der Waals surface area (Å²) in [4.78, 5) is 16.0. The van der Waals surface area contributed by atoms with Crippen molar-refractivity contribution in [3.63, 3.8) is 0 Å². The fraction of sp³-hybridized carbons (Fsp3) is 0.357. The van der Waals surface area contributed by atoms with Crippen LogP contribution in [0, 0.1) is 0 Å². The van der Waals surface area contributed by atoms with Crippen molar-refractivity contribution in [3.05, 3.63) is 36.9 Å². The van der Waals surface area contributed by atoms with Crippen molar-refractivity contribution in [2.75, 3.05) is 11.9 Å². The molecule has 6 heteroatoms. The lowest BCUT2D eigenvalue weighted by Gasteiger charge is -2.22. The molecule has 0 unspecified atom stereocenters. The number of nitrogens with zero attached hydrogens (tertiary/aromatic N) is 3. The average Bonchev–Trinajstić information content (AvgIpc) is 3.03. The van der Waals surface area contributed by atoms with E-state index in [9.17, 15) is 4.79 Å². The summed E-state index contributed by atoms with van der Waals surface area (Å²) < 4.78 is 1.67. The van der Waals surface area contributed by atoms with E-state index in [4.69, 9.17) is 0 Å². The largest absolute Gasteiger partial charge is 0.325 e. The first-order chi connectivity index (χ1) is 9.83. The summed E-state index contributed by atoms with van der Waals surface area (Å²) in [5, 5.41) is 10.2. The van der Waals surface area contributed by atoms with Gasteiger partial charge in [-0.25, -0.2) is 9.67 Å². The van der Waals surface area contributed by atoms with Crippen molar-refractivity contribution in [2.24, 2.45) is 0 Å². The standard InChI is InChI=1S/C14H17N5O/c20-14(13-3-1-2-8-16-13)18-11-4-6-12(7-5-11)19-10-15-9-17-19/h4-7,9-10,13,16H,1-3,8H2,(H,18,20)/t13-/m1/s1. The number of carbonyl (C=O) groups is 1. The molecule has 2 heterocycles. The van der Waals surface area contributed by atoms with E-state index >= 15 is 0 Å². The molecular weight excluding hydrogens is 254 g/mol. The number of aromatic nitrogens is 3. The summed E-state index contributed by atoms with van der Waals surface area (Å²) in [5.41, 5.74) is 1.71. The molecule has 1 aromatic heterocycles. The van der Waals surface area contributed by atoms with Gasteiger partial charge in [0.1, 0.15) is 12.7 Å². The Balaban J connectivity index is 1.64. The van der Waals surface area contributed by atoms with E-state index in [0.29, 0.717) is 0 Å². The van der Waals surface area contributed by atoms with E-state index in [1.165, 1.54) is 6.33 Å². The SMILES string of the molecule is O=C(Nc1ccc(-n2cncn2)cc1)[C@H]1CCCCN1. The summed E-state index contributed by atoms with van der Waals surface area (Å²) in [7, 11) is 0. The van der Waals surface area contributed by atoms with Gasteiger partial charge >= 0.3 is 0 Å². The fourth-order valence-electron chi connectivity index (χ4n) is 2.34. The third kappa shape index (κ3) is 2.85. The number of piperidine rings is 1. The lowest BCUT2D eigenvalue weighted by atomic mass is 10.0. The number of rotatable bonds is 3. The number of anilines is 1. The number of benzene rings is 1. The van der Waals surface area contributed by atoms with Gasteiger partial charge in [0.15, 0.2) is 0 Å². The Morgan fingerprint density at radius 1 is 1.30 bits per heavy atom. The highest BCUT2D eigenvalue weighted by Crippen LogP contribution is 2.14. The van der Waals surface area contributed by atoms with Crippen LogP contribution in [-0.2, 0) is 4.79 Å². The maximum atomic E-state index is 12.1. The Bertz CT molecular complexity index is 558. The molecular formula is C14H17N5O. The Hall–Kier alpha value is -2.21. The number of nitrogens with one attached hydrogen (secondary N) is 2. The Labute approximate surface area is 117 Å². The minimum Gasteiger partial charge on any atom is -0.325 e. The second-order valence-corrected chi connectivity index (χ2v) is 4.88. The van der Waals surface area contributed by atoms with Crippen molar-refractivity contribution in [2.45, 2.75) is 25.3 Å². The van der Waals surface area contributed by atoms with Crippen molar-refractivity contribution in [1.82, 2.24) is 20.1 Å². The minimum atomic E-state index is -0.0706. The zero-order chi connectivity index (χ0) is 13.8. The lowest BCUT2D eigenvalue weighted by Crippen LogP contribution is -2.43. The van der Waals surface area contributed by atoms with E-state index in [1.807, 2.05) is 24.3 Å². The van der Waals surface area contributed by atoms with Gasteiger partial charge in [0.05, 0.1) is 11.7 Å². The van der Waals surface area contributed by atoms with Crippen LogP contribution in [0.25, 0.3) is 5.69 Å². The minimum absolute atomic E-state index is 0.0400. The molecule has 0 bridgehead atoms. The molecule has 1 fully saturated rings. The number of hydrogen-bond donors (Lipinski definition) is 2. The topological polar surface area (TPSA) is 71.8 Å². The van der Waals surface area contributed by atoms with Crippen LogP contribution < -0.4 is 10.6 Å². The van der Waals surface area contributed by atoms with Gasteiger partial charge < -0.3 is 10.6 Å². The molecule has 1 aromatic carbocycles. The second kappa shape index (κ2) is 5.83. The van der Waals surface area contributed by atoms with Crippen LogP contribution in [0.3, 0.4) is 0 Å². The molecule has 6 nitrogen and oxygen atoms in total. The highest BCUT2D eigenvalue weighted by atomic mass is 16.2. The summed E-state index contributed by atoms with van der Waals surface area (Å²) in [5.74, 6) is 0.0400. The molecule has 1 saturated heterocycles. The third-order valence-electron chi connectivity index (χ3n) is 3.44. The predicted molar refractivity (Wildman–Crippen MR) is 75.6 cm³/mol. The van der Waals surface area contributed by atoms with Crippen molar-refractivity contribution in [1.29, 1.82) is 0 Å². The van der Waals surface area contributed by atoms with Crippen LogP contribution in [0.5, 0.6) is 0 Å². The van der Waals surface area contributed by atoms with Gasteiger partial charge in [-0.2, -0.15) is 5.10 Å². The number of hydrogen-bond acceptors (Lipinski definition) is 4. The Kier molecular flexibility index (Phi) is 3.73. The van der Waals surface area contributed by atoms with E-state index in [1.54, 1.807) is 11.0 Å². The first kappa shape index (κ1) is 12.8. The van der Waals surface area contributed by atoms with Crippen LogP contribution in [0.2, 0.25) is 0 Å². The molecule has 1 aliphatic rings. The summed E-state index contributed by atoms with van der Waals surface area (Å²) in [6.45, 7) is 0.920. The third-order valence-corrected chi connectivity index (χ3v) is 3.44. The van der Waals surface area contributed by atoms with Gasteiger partial charge in [-0.1, -0.05) is 6.42 Å². The van der Waals surface area contributed by atoms with Crippen LogP contribution >= 0.6 is 0 Å². The average molecular weight is 271 g/mol. The number of carbonyl (C=O) groups excluding carboxylic acids is 1. The first-order valence-electron chi connectivity index (χ1n) is 6.82. The summed E-state index contributed by atoms with van der Waals surface area (Å²) in [6, 6.07) is 7.48. The molecule has 20 heavy (non-hydrogen) atoms. The summed E-state index contributed by atoms with van der Waals surface area (Å²) >= 11 is 0. The molecule has 0 radical (unpaired) electrons. The Morgan fingerprint density at radius 2 is 2.15 bits per heavy atom. The van der Waals surface area contributed by atoms with E-state index in [0.717, 1.165) is 37.2 Å². The van der Waals surface area contributed by atoms with E-state index < -0.39 is 0 Å². The maximum absolute atomic E-state index is 12.1. The van der Waals surface area contributed by atoms with Gasteiger partial charge in [-0.05, 0) is 43.7 Å². The quantitative estimate of drug-likeness (QED) is 0.884. The highest BCUT2D eigenvalue weighted by molar-refractivity contribution is 5.94. The van der Waals surface area contributed by atoms with E-state index in [2.05, 4.69) is 20.7 Å². The van der Waals surface area contributed by atoms with Gasteiger partial charge in [0, 0.05) is 5.69 Å². The fourth-order valence-corrected chi connectivity index (χ4v) is 2.34. The molecule has 2 aromatic rings. The molecule has 2 N–H and O–H groups in total. The molecule has 0 spiro atoms. The Morgan fingerprint density at radius 3 is 2.80 bits per heavy atom. The summed E-state index contributed by atoms with van der Waals surface area (Å²) in [6.07, 6.45) is 6.29. The van der Waals surface area contributed by atoms with Gasteiger partial charge in [-0.3, -0.25) is 4.79 Å². The van der Waals surface area contributed by atoms with Crippen LogP contribution in [0.1, 0.15) is 19.3 Å². The monoisotopic (exact) mass is 271 g/mol. The highest BCUT2D eigenvalue weighted by Gasteiger charge is 2.20.